The molecule has 0 bridgehead atoms. The fourth-order valence-corrected chi connectivity index (χ4v) is 8.64. The van der Waals surface area contributed by atoms with Gasteiger partial charge in [-0.15, -0.1) is 12.4 Å². The van der Waals surface area contributed by atoms with Gasteiger partial charge in [0, 0.05) is 41.4 Å². The van der Waals surface area contributed by atoms with Crippen molar-refractivity contribution in [2.45, 2.75) is 77.5 Å². The Bertz CT molecular complexity index is 1460. The molecular formula is C33H47ClN2O8S. The molecule has 12 heteroatoms. The molecule has 5 rings (SSSR count). The number of hydrogen-bond donors (Lipinski definition) is 5. The molecule has 4 aliphatic carbocycles. The number of halogens is 1. The second-order valence-corrected chi connectivity index (χ2v) is 15.3. The van der Waals surface area contributed by atoms with Crippen LogP contribution in [0, 0.1) is 28.6 Å². The number of hydrogen-bond acceptors (Lipinski definition) is 9. The van der Waals surface area contributed by atoms with E-state index in [0.717, 1.165) is 30.2 Å². The van der Waals surface area contributed by atoms with Crippen molar-refractivity contribution in [2.75, 3.05) is 24.1 Å². The molecule has 3 fully saturated rings. The topological polar surface area (TPSA) is 170 Å². The quantitative estimate of drug-likeness (QED) is 0.279. The average molecular weight is 667 g/mol. The van der Waals surface area contributed by atoms with Crippen molar-refractivity contribution in [1.29, 1.82) is 0 Å². The molecule has 0 spiro atoms. The number of ketones is 3. The van der Waals surface area contributed by atoms with E-state index in [-0.39, 0.29) is 48.1 Å². The van der Waals surface area contributed by atoms with Gasteiger partial charge in [-0.3, -0.25) is 19.1 Å². The van der Waals surface area contributed by atoms with Crippen LogP contribution in [-0.2, 0) is 24.4 Å². The maximum atomic E-state index is 13.3. The van der Waals surface area contributed by atoms with Crippen molar-refractivity contribution >= 4 is 45.5 Å². The summed E-state index contributed by atoms with van der Waals surface area (Å²) in [5.74, 6) is -0.590. The van der Waals surface area contributed by atoms with Crippen molar-refractivity contribution in [2.24, 2.45) is 28.6 Å². The van der Waals surface area contributed by atoms with Gasteiger partial charge >= 0.3 is 0 Å². The Morgan fingerprint density at radius 1 is 1.11 bits per heavy atom. The summed E-state index contributed by atoms with van der Waals surface area (Å²) < 4.78 is 24.4. The summed E-state index contributed by atoms with van der Waals surface area (Å²) in [4.78, 5) is 37.4. The maximum absolute atomic E-state index is 13.3. The van der Waals surface area contributed by atoms with Crippen LogP contribution in [0.3, 0.4) is 0 Å². The van der Waals surface area contributed by atoms with Crippen LogP contribution in [0.1, 0.15) is 71.5 Å². The number of allylic oxidation sites excluding steroid dienone is 4. The number of nitrogens with one attached hydrogen (secondary N) is 2. The Labute approximate surface area is 272 Å². The summed E-state index contributed by atoms with van der Waals surface area (Å²) in [6.45, 7) is 7.67. The van der Waals surface area contributed by atoms with Gasteiger partial charge < -0.3 is 20.6 Å². The Morgan fingerprint density at radius 2 is 1.76 bits per heavy atom. The van der Waals surface area contributed by atoms with Crippen molar-refractivity contribution in [1.82, 2.24) is 5.32 Å². The molecule has 1 aromatic rings. The highest BCUT2D eigenvalue weighted by atomic mass is 35.5. The number of carbonyl (C=O) groups excluding carboxylic acids is 3. The first kappa shape index (κ1) is 37.1. The first-order valence-corrected chi connectivity index (χ1v) is 17.2. The predicted molar refractivity (Wildman–Crippen MR) is 174 cm³/mol. The molecule has 250 valence electrons. The Balaban J connectivity index is 0.000000258. The number of benzene rings is 1. The van der Waals surface area contributed by atoms with Gasteiger partial charge in [-0.05, 0) is 67.4 Å². The lowest BCUT2D eigenvalue weighted by molar-refractivity contribution is -0.168. The van der Waals surface area contributed by atoms with E-state index in [1.165, 1.54) is 0 Å². The highest BCUT2D eigenvalue weighted by Gasteiger charge is 2.68. The van der Waals surface area contributed by atoms with Gasteiger partial charge in [-0.25, -0.2) is 8.42 Å². The molecule has 10 nitrogen and oxygen atoms in total. The second kappa shape index (κ2) is 13.8. The van der Waals surface area contributed by atoms with E-state index in [9.17, 15) is 38.1 Å². The lowest BCUT2D eigenvalue weighted by Gasteiger charge is -2.56. The Hall–Kier alpha value is -2.41. The fraction of sp³-hybridized carbons (Fsp3) is 0.606. The minimum Gasteiger partial charge on any atom is -0.388 e. The highest BCUT2D eigenvalue weighted by molar-refractivity contribution is 7.92. The normalized spacial score (nSPS) is 32.6. The van der Waals surface area contributed by atoms with Crippen LogP contribution >= 0.6 is 12.4 Å². The molecule has 1 aromatic carbocycles. The van der Waals surface area contributed by atoms with E-state index in [2.05, 4.69) is 10.0 Å². The zero-order chi connectivity index (χ0) is 32.7. The number of fused-ring (bicyclic) bond motifs is 5. The summed E-state index contributed by atoms with van der Waals surface area (Å²) in [7, 11) is -3.26. The number of Topliss-reactive ketones (excluding diaryl/α,β-unsaturated/α-hetero) is 2. The van der Waals surface area contributed by atoms with Crippen LogP contribution in [0.2, 0.25) is 0 Å². The lowest BCUT2D eigenvalue weighted by atomic mass is 9.46. The summed E-state index contributed by atoms with van der Waals surface area (Å²) in [6, 6.07) is 7.00. The van der Waals surface area contributed by atoms with Gasteiger partial charge in [-0.1, -0.05) is 51.5 Å². The lowest BCUT2D eigenvalue weighted by Crippen LogP contribution is -2.60. The van der Waals surface area contributed by atoms with Crippen LogP contribution < -0.4 is 10.0 Å². The number of anilines is 1. The molecule has 7 atom stereocenters. The molecule has 0 aromatic heterocycles. The Kier molecular flexibility index (Phi) is 11.3. The van der Waals surface area contributed by atoms with Gasteiger partial charge in [0.15, 0.2) is 11.6 Å². The summed E-state index contributed by atoms with van der Waals surface area (Å²) in [6.07, 6.45) is 8.33. The summed E-state index contributed by atoms with van der Waals surface area (Å²) in [5.41, 5.74) is -0.619. The van der Waals surface area contributed by atoms with E-state index >= 15 is 0 Å². The molecular weight excluding hydrogens is 620 g/mol. The van der Waals surface area contributed by atoms with E-state index < -0.39 is 44.9 Å². The third kappa shape index (κ3) is 7.29. The zero-order valence-corrected chi connectivity index (χ0v) is 28.2. The third-order valence-electron chi connectivity index (χ3n) is 10.3. The van der Waals surface area contributed by atoms with Crippen molar-refractivity contribution in [3.05, 3.63) is 53.6 Å². The minimum absolute atomic E-state index is 0. The number of aliphatic hydroxyl groups excluding tert-OH is 2. The molecule has 45 heavy (non-hydrogen) atoms. The largest absolute Gasteiger partial charge is 0.388 e. The van der Waals surface area contributed by atoms with Crippen LogP contribution in [0.4, 0.5) is 5.69 Å². The third-order valence-corrected chi connectivity index (χ3v) is 10.9. The molecule has 0 radical (unpaired) electrons. The number of carbonyl (C=O) groups is 3. The van der Waals surface area contributed by atoms with Gasteiger partial charge in [-0.2, -0.15) is 0 Å². The van der Waals surface area contributed by atoms with Crippen LogP contribution in [0.5, 0.6) is 0 Å². The van der Waals surface area contributed by atoms with Crippen molar-refractivity contribution in [3.63, 3.8) is 0 Å². The number of rotatable bonds is 8. The summed E-state index contributed by atoms with van der Waals surface area (Å²) in [5, 5.41) is 33.5. The van der Waals surface area contributed by atoms with E-state index in [0.29, 0.717) is 31.1 Å². The Morgan fingerprint density at radius 3 is 2.33 bits per heavy atom. The van der Waals surface area contributed by atoms with E-state index in [1.807, 2.05) is 33.8 Å². The fourth-order valence-electron chi connectivity index (χ4n) is 8.08. The average Bonchev–Trinajstić information content (AvgIpc) is 3.22. The second-order valence-electron chi connectivity index (χ2n) is 13.6. The first-order chi connectivity index (χ1) is 20.4. The number of sulfonamides is 1. The van der Waals surface area contributed by atoms with E-state index in [1.54, 1.807) is 36.4 Å². The van der Waals surface area contributed by atoms with Crippen LogP contribution in [0.25, 0.3) is 0 Å². The molecule has 0 aliphatic heterocycles. The molecule has 1 unspecified atom stereocenters. The van der Waals surface area contributed by atoms with Gasteiger partial charge in [0.25, 0.3) is 0 Å². The molecule has 4 aliphatic rings. The zero-order valence-electron chi connectivity index (χ0n) is 26.6. The van der Waals surface area contributed by atoms with Gasteiger partial charge in [0.05, 0.1) is 12.4 Å². The van der Waals surface area contributed by atoms with E-state index in [4.69, 9.17) is 0 Å². The monoisotopic (exact) mass is 666 g/mol. The first-order valence-electron chi connectivity index (χ1n) is 15.3. The predicted octanol–water partition coefficient (Wildman–Crippen LogP) is 3.28. The van der Waals surface area contributed by atoms with Crippen molar-refractivity contribution in [3.8, 4) is 0 Å². The van der Waals surface area contributed by atoms with Crippen molar-refractivity contribution < 1.29 is 38.1 Å². The summed E-state index contributed by atoms with van der Waals surface area (Å²) >= 11 is 0. The maximum Gasteiger partial charge on any atom is 0.229 e. The molecule has 0 amide bonds. The van der Waals surface area contributed by atoms with Crippen LogP contribution in [-0.4, -0.2) is 72.1 Å². The SMILES string of the molecule is CC(C)NCC(O)c1ccc(NS(C)(=O)=O)cc1.C[C@]12C=CC(=O)C=C1CC[C@@H]1[C@@H]2C(=O)C[C@@]2(C)[C@H]1CC[C@]2(O)C(=O)CO.Cl. The molecule has 0 saturated heterocycles. The highest BCUT2D eigenvalue weighted by Crippen LogP contribution is 2.66. The molecule has 5 N–H and O–H groups in total. The van der Waals surface area contributed by atoms with Crippen LogP contribution in [0.15, 0.2) is 48.1 Å². The van der Waals surface area contributed by atoms with Gasteiger partial charge in [0.1, 0.15) is 18.0 Å². The van der Waals surface area contributed by atoms with Gasteiger partial charge in [0.2, 0.25) is 10.0 Å². The standard InChI is InChI=1S/C21H26O5.C12H20N2O3S.ClH/c1-19-7-5-13(23)9-12(19)3-4-14-15-6-8-21(26,17(25)11-22)20(15,2)10-16(24)18(14)19;1-9(2)13-8-12(15)10-4-6-11(7-5-10)14-18(3,16)17;/h5,7,9,14-15,18,22,26H,3-4,6,8,10-11H2,1-2H3;4-7,9,12-15H,8H2,1-3H3;1H/t14-,15-,18+,19-,20-,21-;;/m0../s1. The molecule has 3 saturated carbocycles. The molecule has 0 heterocycles. The smallest absolute Gasteiger partial charge is 0.229 e. The number of aliphatic hydroxyl groups is 3. The minimum atomic E-state index is -3.26.